The summed E-state index contributed by atoms with van der Waals surface area (Å²) in [5.41, 5.74) is 5.64. The van der Waals surface area contributed by atoms with Crippen LogP contribution in [0.5, 0.6) is 0 Å². The second-order valence-corrected chi connectivity index (χ2v) is 5.12. The van der Waals surface area contributed by atoms with Crippen LogP contribution >= 0.6 is 0 Å². The molecule has 2 amide bonds. The highest BCUT2D eigenvalue weighted by Gasteiger charge is 2.15. The van der Waals surface area contributed by atoms with Crippen molar-refractivity contribution in [3.05, 3.63) is 0 Å². The van der Waals surface area contributed by atoms with Crippen molar-refractivity contribution >= 4 is 11.8 Å². The van der Waals surface area contributed by atoms with E-state index in [1.54, 1.807) is 11.9 Å². The van der Waals surface area contributed by atoms with Crippen LogP contribution in [0, 0.1) is 11.8 Å². The summed E-state index contributed by atoms with van der Waals surface area (Å²) in [7, 11) is 1.72. The fraction of sp³-hybridized carbons (Fsp3) is 0.846. The van der Waals surface area contributed by atoms with Crippen molar-refractivity contribution in [1.29, 1.82) is 0 Å². The van der Waals surface area contributed by atoms with Crippen LogP contribution in [0.2, 0.25) is 0 Å². The summed E-state index contributed by atoms with van der Waals surface area (Å²) in [5.74, 6) is 0.561. The van der Waals surface area contributed by atoms with E-state index in [2.05, 4.69) is 19.2 Å². The largest absolute Gasteiger partial charge is 0.347 e. The predicted octanol–water partition coefficient (Wildman–Crippen LogP) is 0.592. The van der Waals surface area contributed by atoms with Gasteiger partial charge in [0.05, 0.1) is 6.54 Å². The molecule has 0 radical (unpaired) electrons. The molecule has 0 saturated heterocycles. The number of carbonyl (C=O) groups is 2. The third-order valence-electron chi connectivity index (χ3n) is 2.95. The van der Waals surface area contributed by atoms with E-state index in [1.807, 2.05) is 6.92 Å². The molecule has 0 bridgehead atoms. The maximum Gasteiger partial charge on any atom is 0.241 e. The van der Waals surface area contributed by atoms with Gasteiger partial charge in [0.2, 0.25) is 11.8 Å². The first-order valence-corrected chi connectivity index (χ1v) is 6.61. The van der Waals surface area contributed by atoms with Crippen molar-refractivity contribution in [2.75, 3.05) is 26.7 Å². The number of carbonyl (C=O) groups excluding carboxylic acids is 2. The van der Waals surface area contributed by atoms with Crippen LogP contribution in [0.1, 0.15) is 33.6 Å². The second kappa shape index (κ2) is 8.91. The van der Waals surface area contributed by atoms with E-state index in [1.165, 1.54) is 0 Å². The minimum absolute atomic E-state index is 0.0704. The molecule has 0 unspecified atom stereocenters. The van der Waals surface area contributed by atoms with Crippen LogP contribution in [0.15, 0.2) is 0 Å². The third kappa shape index (κ3) is 7.27. The van der Waals surface area contributed by atoms with Gasteiger partial charge in [-0.15, -0.1) is 0 Å². The van der Waals surface area contributed by atoms with Crippen molar-refractivity contribution in [3.8, 4) is 0 Å². The predicted molar refractivity (Wildman–Crippen MR) is 72.9 cm³/mol. The quantitative estimate of drug-likeness (QED) is 0.668. The highest BCUT2D eigenvalue weighted by atomic mass is 16.2. The Labute approximate surface area is 110 Å². The van der Waals surface area contributed by atoms with Gasteiger partial charge in [0, 0.05) is 20.0 Å². The lowest BCUT2D eigenvalue weighted by atomic mass is 9.94. The van der Waals surface area contributed by atoms with Crippen LogP contribution < -0.4 is 11.1 Å². The first-order valence-electron chi connectivity index (χ1n) is 6.61. The zero-order valence-corrected chi connectivity index (χ0v) is 12.0. The number of hydrogen-bond acceptors (Lipinski definition) is 3. The van der Waals surface area contributed by atoms with E-state index in [4.69, 9.17) is 5.73 Å². The number of hydrogen-bond donors (Lipinski definition) is 2. The molecule has 0 heterocycles. The summed E-state index contributed by atoms with van der Waals surface area (Å²) in [5, 5.41) is 2.65. The van der Waals surface area contributed by atoms with E-state index >= 15 is 0 Å². The van der Waals surface area contributed by atoms with Gasteiger partial charge in [-0.05, 0) is 31.7 Å². The Hall–Kier alpha value is -1.10. The average Bonchev–Trinajstić information content (AvgIpc) is 2.33. The number of amides is 2. The SMILES string of the molecule is CCN(C)C(=O)CNC(=O)C[C@@H](CN)CC(C)C. The van der Waals surface area contributed by atoms with Gasteiger partial charge >= 0.3 is 0 Å². The highest BCUT2D eigenvalue weighted by Crippen LogP contribution is 2.13. The Balaban J connectivity index is 3.99. The third-order valence-corrected chi connectivity index (χ3v) is 2.95. The van der Waals surface area contributed by atoms with Gasteiger partial charge in [0.25, 0.3) is 0 Å². The molecule has 18 heavy (non-hydrogen) atoms. The molecule has 0 aliphatic heterocycles. The van der Waals surface area contributed by atoms with Crippen LogP contribution in [0.3, 0.4) is 0 Å². The maximum atomic E-state index is 11.7. The molecule has 106 valence electrons. The lowest BCUT2D eigenvalue weighted by molar-refractivity contribution is -0.131. The summed E-state index contributed by atoms with van der Waals surface area (Å²) >= 11 is 0. The summed E-state index contributed by atoms with van der Waals surface area (Å²) in [6.45, 7) is 7.34. The van der Waals surface area contributed by atoms with Gasteiger partial charge in [-0.25, -0.2) is 0 Å². The number of likely N-dealkylation sites (N-methyl/N-ethyl adjacent to an activating group) is 1. The van der Waals surface area contributed by atoms with Gasteiger partial charge in [0.1, 0.15) is 0 Å². The van der Waals surface area contributed by atoms with E-state index in [0.717, 1.165) is 6.42 Å². The van der Waals surface area contributed by atoms with Crippen LogP contribution in [-0.2, 0) is 9.59 Å². The Morgan fingerprint density at radius 1 is 1.33 bits per heavy atom. The molecule has 1 atom stereocenters. The minimum Gasteiger partial charge on any atom is -0.347 e. The topological polar surface area (TPSA) is 75.4 Å². The second-order valence-electron chi connectivity index (χ2n) is 5.12. The molecule has 0 aliphatic rings. The Morgan fingerprint density at radius 3 is 2.39 bits per heavy atom. The Bertz CT molecular complexity index is 267. The summed E-state index contributed by atoms with van der Waals surface area (Å²) < 4.78 is 0. The number of nitrogens with zero attached hydrogens (tertiary/aromatic N) is 1. The fourth-order valence-corrected chi connectivity index (χ4v) is 1.75. The molecule has 0 rings (SSSR count). The van der Waals surface area contributed by atoms with Crippen LogP contribution in [-0.4, -0.2) is 43.4 Å². The molecule has 0 spiro atoms. The zero-order chi connectivity index (χ0) is 14.1. The van der Waals surface area contributed by atoms with Crippen LogP contribution in [0.4, 0.5) is 0 Å². The number of rotatable bonds is 8. The van der Waals surface area contributed by atoms with Crippen molar-refractivity contribution in [2.24, 2.45) is 17.6 Å². The maximum absolute atomic E-state index is 11.7. The molecule has 0 aromatic heterocycles. The summed E-state index contributed by atoms with van der Waals surface area (Å²) in [4.78, 5) is 24.7. The zero-order valence-electron chi connectivity index (χ0n) is 12.0. The molecular weight excluding hydrogens is 230 g/mol. The molecular formula is C13H27N3O2. The molecule has 3 N–H and O–H groups in total. The van der Waals surface area contributed by atoms with E-state index in [0.29, 0.717) is 25.4 Å². The van der Waals surface area contributed by atoms with Gasteiger partial charge in [-0.1, -0.05) is 13.8 Å². The van der Waals surface area contributed by atoms with E-state index in [-0.39, 0.29) is 24.3 Å². The molecule has 0 saturated carbocycles. The highest BCUT2D eigenvalue weighted by molar-refractivity contribution is 5.84. The standard InChI is InChI=1S/C13H27N3O2/c1-5-16(4)13(18)9-15-12(17)7-11(8-14)6-10(2)3/h10-11H,5-9,14H2,1-4H3,(H,15,17)/t11-/m0/s1. The van der Waals surface area contributed by atoms with E-state index < -0.39 is 0 Å². The fourth-order valence-electron chi connectivity index (χ4n) is 1.75. The summed E-state index contributed by atoms with van der Waals surface area (Å²) in [6, 6.07) is 0. The first kappa shape index (κ1) is 16.9. The van der Waals surface area contributed by atoms with Crippen molar-refractivity contribution in [1.82, 2.24) is 10.2 Å². The van der Waals surface area contributed by atoms with Crippen molar-refractivity contribution in [2.45, 2.75) is 33.6 Å². The lowest BCUT2D eigenvalue weighted by Gasteiger charge is -2.18. The number of nitrogens with two attached hydrogens (primary N) is 1. The minimum atomic E-state index is -0.0936. The van der Waals surface area contributed by atoms with Crippen molar-refractivity contribution < 1.29 is 9.59 Å². The van der Waals surface area contributed by atoms with Gasteiger partial charge in [-0.3, -0.25) is 9.59 Å². The molecule has 0 aliphatic carbocycles. The molecule has 0 fully saturated rings. The smallest absolute Gasteiger partial charge is 0.241 e. The van der Waals surface area contributed by atoms with Gasteiger partial charge < -0.3 is 16.0 Å². The molecule has 0 aromatic rings. The van der Waals surface area contributed by atoms with Crippen LogP contribution in [0.25, 0.3) is 0 Å². The van der Waals surface area contributed by atoms with Gasteiger partial charge in [-0.2, -0.15) is 0 Å². The first-order chi connectivity index (χ1) is 8.40. The Kier molecular flexibility index (Phi) is 8.37. The molecule has 5 nitrogen and oxygen atoms in total. The van der Waals surface area contributed by atoms with Gasteiger partial charge in [0.15, 0.2) is 0 Å². The average molecular weight is 257 g/mol. The monoisotopic (exact) mass is 257 g/mol. The normalized spacial score (nSPS) is 12.3. The number of nitrogens with one attached hydrogen (secondary N) is 1. The van der Waals surface area contributed by atoms with Crippen molar-refractivity contribution in [3.63, 3.8) is 0 Å². The lowest BCUT2D eigenvalue weighted by Crippen LogP contribution is -2.39. The molecule has 5 heteroatoms. The summed E-state index contributed by atoms with van der Waals surface area (Å²) in [6.07, 6.45) is 1.34. The Morgan fingerprint density at radius 2 is 1.94 bits per heavy atom. The molecule has 0 aromatic carbocycles. The van der Waals surface area contributed by atoms with E-state index in [9.17, 15) is 9.59 Å².